The zero-order valence-electron chi connectivity index (χ0n) is 11.6. The number of nitrogens with one attached hydrogen (secondary N) is 1. The molecule has 0 spiro atoms. The molecule has 1 saturated heterocycles. The molecule has 1 aliphatic heterocycles. The normalized spacial score (nSPS) is 25.3. The molecule has 3 atom stereocenters. The first-order valence-corrected chi connectivity index (χ1v) is 8.04. The number of aliphatic hydroxyl groups is 1. The minimum absolute atomic E-state index is 0.0240. The average molecular weight is 347 g/mol. The summed E-state index contributed by atoms with van der Waals surface area (Å²) in [5, 5.41) is 9.28. The van der Waals surface area contributed by atoms with Gasteiger partial charge in [-0.2, -0.15) is 4.98 Å². The van der Waals surface area contributed by atoms with Crippen LogP contribution in [0.4, 0.5) is 5.95 Å². The average Bonchev–Trinajstić information content (AvgIpc) is 3.00. The molecule has 2 aromatic rings. The number of aromatic nitrogens is 4. The van der Waals surface area contributed by atoms with Crippen LogP contribution in [0.3, 0.4) is 0 Å². The van der Waals surface area contributed by atoms with E-state index in [9.17, 15) is 14.5 Å². The predicted molar refractivity (Wildman–Crippen MR) is 75.1 cm³/mol. The highest BCUT2D eigenvalue weighted by Crippen LogP contribution is 2.43. The Bertz CT molecular complexity index is 829. The molecule has 3 heterocycles. The highest BCUT2D eigenvalue weighted by Gasteiger charge is 2.40. The van der Waals surface area contributed by atoms with Crippen molar-refractivity contribution in [1.29, 1.82) is 0 Å². The molecule has 0 aromatic carbocycles. The molecule has 1 aliphatic rings. The second-order valence-corrected chi connectivity index (χ2v) is 6.15. The number of aliphatic hydroxyl groups excluding tert-OH is 1. The first-order chi connectivity index (χ1) is 10.8. The lowest BCUT2D eigenvalue weighted by atomic mass is 10.2. The third kappa shape index (κ3) is 3.13. The van der Waals surface area contributed by atoms with E-state index in [1.165, 1.54) is 10.9 Å². The fourth-order valence-corrected chi connectivity index (χ4v) is 3.05. The SMILES string of the molecule is Nc1nc2c(ncn2[C@@H]2C[C@@H](OP(=O)(O)O)[C@@H](CO)O2)c(=O)[nH]1. The largest absolute Gasteiger partial charge is 0.469 e. The fourth-order valence-electron chi connectivity index (χ4n) is 2.48. The van der Waals surface area contributed by atoms with Crippen LogP contribution in [0.5, 0.6) is 0 Å². The minimum Gasteiger partial charge on any atom is -0.394 e. The molecule has 0 radical (unpaired) electrons. The summed E-state index contributed by atoms with van der Waals surface area (Å²) in [6, 6.07) is 0. The molecule has 2 aromatic heterocycles. The van der Waals surface area contributed by atoms with Gasteiger partial charge in [0.2, 0.25) is 5.95 Å². The number of imidazole rings is 1. The minimum atomic E-state index is -4.74. The number of nitrogens with zero attached hydrogens (tertiary/aromatic N) is 3. The number of nitrogen functional groups attached to an aromatic ring is 1. The summed E-state index contributed by atoms with van der Waals surface area (Å²) >= 11 is 0. The van der Waals surface area contributed by atoms with E-state index < -0.39 is 38.4 Å². The number of hydrogen-bond acceptors (Lipinski definition) is 8. The maximum Gasteiger partial charge on any atom is 0.469 e. The molecular formula is C10H14N5O7P. The van der Waals surface area contributed by atoms with E-state index in [0.29, 0.717) is 0 Å². The lowest BCUT2D eigenvalue weighted by Gasteiger charge is -2.16. The van der Waals surface area contributed by atoms with Crippen molar-refractivity contribution in [1.82, 2.24) is 19.5 Å². The van der Waals surface area contributed by atoms with Crippen molar-refractivity contribution >= 4 is 24.9 Å². The number of rotatable bonds is 4. The van der Waals surface area contributed by atoms with E-state index in [4.69, 9.17) is 20.3 Å². The van der Waals surface area contributed by atoms with Gasteiger partial charge in [0.1, 0.15) is 18.4 Å². The van der Waals surface area contributed by atoms with E-state index in [0.717, 1.165) is 0 Å². The van der Waals surface area contributed by atoms with Crippen molar-refractivity contribution in [3.05, 3.63) is 16.7 Å². The summed E-state index contributed by atoms with van der Waals surface area (Å²) in [4.78, 5) is 39.8. The first-order valence-electron chi connectivity index (χ1n) is 6.51. The van der Waals surface area contributed by atoms with Crippen molar-refractivity contribution in [2.24, 2.45) is 0 Å². The molecule has 12 nitrogen and oxygen atoms in total. The Hall–Kier alpha value is -1.82. The number of anilines is 1. The second-order valence-electron chi connectivity index (χ2n) is 4.96. The number of H-pyrrole nitrogens is 1. The molecule has 126 valence electrons. The topological polar surface area (TPSA) is 186 Å². The van der Waals surface area contributed by atoms with Crippen molar-refractivity contribution in [3.63, 3.8) is 0 Å². The number of phosphoric ester groups is 1. The van der Waals surface area contributed by atoms with E-state index >= 15 is 0 Å². The van der Waals surface area contributed by atoms with Gasteiger partial charge in [-0.25, -0.2) is 9.55 Å². The Balaban J connectivity index is 1.94. The van der Waals surface area contributed by atoms with Crippen molar-refractivity contribution in [2.45, 2.75) is 24.9 Å². The quantitative estimate of drug-likeness (QED) is 0.406. The molecule has 0 bridgehead atoms. The van der Waals surface area contributed by atoms with Crippen LogP contribution in [-0.2, 0) is 13.8 Å². The summed E-state index contributed by atoms with van der Waals surface area (Å²) in [7, 11) is -4.74. The molecular weight excluding hydrogens is 333 g/mol. The van der Waals surface area contributed by atoms with E-state index in [1.807, 2.05) is 0 Å². The number of aromatic amines is 1. The summed E-state index contributed by atoms with van der Waals surface area (Å²) in [5.74, 6) is -0.107. The number of nitrogens with two attached hydrogens (primary N) is 1. The predicted octanol–water partition coefficient (Wildman–Crippen LogP) is -1.54. The molecule has 1 fully saturated rings. The molecule has 6 N–H and O–H groups in total. The second kappa shape index (κ2) is 5.67. The van der Waals surface area contributed by atoms with Gasteiger partial charge in [-0.05, 0) is 0 Å². The Labute approximate surface area is 128 Å². The van der Waals surface area contributed by atoms with E-state index in [-0.39, 0.29) is 23.5 Å². The van der Waals surface area contributed by atoms with Gasteiger partial charge in [0, 0.05) is 6.42 Å². The van der Waals surface area contributed by atoms with Crippen LogP contribution in [0.2, 0.25) is 0 Å². The number of fused-ring (bicyclic) bond motifs is 1. The molecule has 0 amide bonds. The lowest BCUT2D eigenvalue weighted by Crippen LogP contribution is -2.26. The van der Waals surface area contributed by atoms with Crippen LogP contribution in [0.25, 0.3) is 11.2 Å². The van der Waals surface area contributed by atoms with Crippen LogP contribution in [0, 0.1) is 0 Å². The number of phosphoric acid groups is 1. The lowest BCUT2D eigenvalue weighted by molar-refractivity contribution is -0.0425. The fraction of sp³-hybridized carbons (Fsp3) is 0.500. The zero-order chi connectivity index (χ0) is 16.8. The summed E-state index contributed by atoms with van der Waals surface area (Å²) in [6.07, 6.45) is -1.42. The van der Waals surface area contributed by atoms with Crippen molar-refractivity contribution in [3.8, 4) is 0 Å². The van der Waals surface area contributed by atoms with Crippen molar-refractivity contribution < 1.29 is 28.7 Å². The van der Waals surface area contributed by atoms with Crippen LogP contribution < -0.4 is 11.3 Å². The maximum absolute atomic E-state index is 11.7. The third-order valence-corrected chi connectivity index (χ3v) is 3.94. The number of ether oxygens (including phenoxy) is 1. The smallest absolute Gasteiger partial charge is 0.394 e. The molecule has 0 unspecified atom stereocenters. The Morgan fingerprint density at radius 1 is 1.57 bits per heavy atom. The Morgan fingerprint density at radius 3 is 2.96 bits per heavy atom. The Kier molecular flexibility index (Phi) is 3.96. The van der Waals surface area contributed by atoms with Gasteiger partial charge in [0.25, 0.3) is 5.56 Å². The van der Waals surface area contributed by atoms with E-state index in [2.05, 4.69) is 19.5 Å². The monoisotopic (exact) mass is 347 g/mol. The van der Waals surface area contributed by atoms with E-state index in [1.54, 1.807) is 0 Å². The molecule has 13 heteroatoms. The highest BCUT2D eigenvalue weighted by molar-refractivity contribution is 7.46. The summed E-state index contributed by atoms with van der Waals surface area (Å²) in [5.41, 5.74) is 5.18. The third-order valence-electron chi connectivity index (χ3n) is 3.39. The van der Waals surface area contributed by atoms with Gasteiger partial charge in [-0.15, -0.1) is 0 Å². The Morgan fingerprint density at radius 2 is 2.30 bits per heavy atom. The van der Waals surface area contributed by atoms with Gasteiger partial charge < -0.3 is 25.4 Å². The van der Waals surface area contributed by atoms with Gasteiger partial charge in [0.05, 0.1) is 12.9 Å². The molecule has 0 saturated carbocycles. The molecule has 23 heavy (non-hydrogen) atoms. The van der Waals surface area contributed by atoms with Crippen molar-refractivity contribution in [2.75, 3.05) is 12.3 Å². The first kappa shape index (κ1) is 16.1. The van der Waals surface area contributed by atoms with Gasteiger partial charge in [0.15, 0.2) is 11.2 Å². The number of hydrogen-bond donors (Lipinski definition) is 5. The standard InChI is InChI=1S/C10H14N5O7P/c11-10-13-8-7(9(17)14-10)12-3-15(8)6-1-4(5(2-16)21-6)22-23(18,19)20/h3-6,16H,1-2H2,(H2,18,19,20)(H3,11,13,14,17)/t4-,5-,6+/m1/s1. The van der Waals surface area contributed by atoms with Crippen LogP contribution in [0.1, 0.15) is 12.6 Å². The summed E-state index contributed by atoms with van der Waals surface area (Å²) in [6.45, 7) is -0.496. The maximum atomic E-state index is 11.7. The molecule has 0 aliphatic carbocycles. The van der Waals surface area contributed by atoms with Gasteiger partial charge in [-0.3, -0.25) is 18.9 Å². The zero-order valence-corrected chi connectivity index (χ0v) is 12.5. The highest BCUT2D eigenvalue weighted by atomic mass is 31.2. The summed E-state index contributed by atoms with van der Waals surface area (Å²) < 4.78 is 22.5. The van der Waals surface area contributed by atoms with Gasteiger partial charge >= 0.3 is 7.82 Å². The van der Waals surface area contributed by atoms with Crippen LogP contribution in [-0.4, -0.2) is 53.2 Å². The van der Waals surface area contributed by atoms with Gasteiger partial charge in [-0.1, -0.05) is 0 Å². The van der Waals surface area contributed by atoms with Crippen LogP contribution in [0.15, 0.2) is 11.1 Å². The van der Waals surface area contributed by atoms with Crippen LogP contribution >= 0.6 is 7.82 Å². The molecule has 3 rings (SSSR count).